The van der Waals surface area contributed by atoms with E-state index in [1.165, 1.54) is 36.0 Å². The molecular weight excluding hydrogens is 380 g/mol. The quantitative estimate of drug-likeness (QED) is 0.801. The molecule has 0 radical (unpaired) electrons. The monoisotopic (exact) mass is 395 g/mol. The highest BCUT2D eigenvalue weighted by molar-refractivity contribution is 8.13. The number of carbonyl (C=O) groups excluding carboxylic acids is 1. The van der Waals surface area contributed by atoms with Crippen LogP contribution in [0.2, 0.25) is 5.02 Å². The van der Waals surface area contributed by atoms with Gasteiger partial charge in [0, 0.05) is 10.8 Å². The number of nitrogens with zero attached hydrogens (tertiary/aromatic N) is 1. The van der Waals surface area contributed by atoms with E-state index in [1.54, 1.807) is 6.07 Å². The number of benzene rings is 2. The minimum absolute atomic E-state index is 0.0462. The topological polar surface area (TPSA) is 67.5 Å². The van der Waals surface area contributed by atoms with Crippen LogP contribution in [0.5, 0.6) is 0 Å². The van der Waals surface area contributed by atoms with Gasteiger partial charge in [0.25, 0.3) is 5.91 Å². The lowest BCUT2D eigenvalue weighted by Gasteiger charge is -2.30. The largest absolute Gasteiger partial charge is 0.379 e. The molecule has 3 rings (SSSR count). The van der Waals surface area contributed by atoms with Crippen molar-refractivity contribution in [1.82, 2.24) is 0 Å². The van der Waals surface area contributed by atoms with E-state index in [0.717, 1.165) is 18.2 Å². The molecule has 2 aromatic rings. The van der Waals surface area contributed by atoms with Crippen LogP contribution in [0.1, 0.15) is 29.3 Å². The number of rotatable bonds is 3. The molecule has 4 nitrogen and oxygen atoms in total. The summed E-state index contributed by atoms with van der Waals surface area (Å²) in [6.07, 6.45) is 0.725. The number of nitrogens with two attached hydrogens (primary N) is 1. The lowest BCUT2D eigenvalue weighted by Crippen LogP contribution is -2.29. The summed E-state index contributed by atoms with van der Waals surface area (Å²) in [5, 5.41) is 3.05. The Labute approximate surface area is 158 Å². The Kier molecular flexibility index (Phi) is 5.20. The van der Waals surface area contributed by atoms with Crippen LogP contribution >= 0.6 is 23.4 Å². The van der Waals surface area contributed by atoms with Crippen LogP contribution in [0.15, 0.2) is 41.4 Å². The molecular formula is C18H16ClF2N3OS. The maximum atomic E-state index is 14.2. The fraction of sp³-hybridized carbons (Fsp3) is 0.222. The molecule has 136 valence electrons. The molecule has 3 N–H and O–H groups in total. The lowest BCUT2D eigenvalue weighted by atomic mass is 9.89. The number of halogens is 3. The van der Waals surface area contributed by atoms with Crippen LogP contribution in [-0.2, 0) is 5.54 Å². The Hall–Kier alpha value is -2.12. The number of carbonyl (C=O) groups is 1. The number of nitrogens with one attached hydrogen (secondary N) is 1. The smallest absolute Gasteiger partial charge is 0.258 e. The van der Waals surface area contributed by atoms with Gasteiger partial charge in [-0.1, -0.05) is 29.4 Å². The minimum atomic E-state index is -0.778. The predicted octanol–water partition coefficient (Wildman–Crippen LogP) is 4.54. The van der Waals surface area contributed by atoms with Gasteiger partial charge in [0.15, 0.2) is 5.17 Å². The van der Waals surface area contributed by atoms with Gasteiger partial charge in [-0.05, 0) is 49.2 Å². The summed E-state index contributed by atoms with van der Waals surface area (Å²) < 4.78 is 28.1. The van der Waals surface area contributed by atoms with Crippen LogP contribution in [-0.4, -0.2) is 16.8 Å². The first kappa shape index (κ1) is 18.7. The first-order valence-corrected chi connectivity index (χ1v) is 9.19. The predicted molar refractivity (Wildman–Crippen MR) is 102 cm³/mol. The Balaban J connectivity index is 1.91. The van der Waals surface area contributed by atoms with Crippen LogP contribution < -0.4 is 11.1 Å². The fourth-order valence-corrected chi connectivity index (χ4v) is 3.85. The van der Waals surface area contributed by atoms with Crippen molar-refractivity contribution in [3.8, 4) is 0 Å². The first-order valence-electron chi connectivity index (χ1n) is 7.83. The maximum absolute atomic E-state index is 14.2. The van der Waals surface area contributed by atoms with Crippen molar-refractivity contribution in [3.05, 3.63) is 64.2 Å². The van der Waals surface area contributed by atoms with E-state index < -0.39 is 23.1 Å². The van der Waals surface area contributed by atoms with Gasteiger partial charge in [-0.3, -0.25) is 9.79 Å². The first-order chi connectivity index (χ1) is 12.3. The molecule has 1 aliphatic rings. The van der Waals surface area contributed by atoms with E-state index in [2.05, 4.69) is 10.3 Å². The number of aliphatic imine (C=N–C) groups is 1. The second-order valence-corrected chi connectivity index (χ2v) is 7.65. The van der Waals surface area contributed by atoms with Crippen molar-refractivity contribution < 1.29 is 13.6 Å². The molecule has 0 saturated heterocycles. The molecule has 0 spiro atoms. The van der Waals surface area contributed by atoms with Gasteiger partial charge in [0.1, 0.15) is 11.6 Å². The zero-order chi connectivity index (χ0) is 18.9. The van der Waals surface area contributed by atoms with Gasteiger partial charge in [-0.2, -0.15) is 0 Å². The fourth-order valence-electron chi connectivity index (χ4n) is 2.71. The number of thioether (sulfide) groups is 1. The summed E-state index contributed by atoms with van der Waals surface area (Å²) in [4.78, 5) is 16.8. The normalized spacial score (nSPS) is 19.8. The SMILES string of the molecule is CC1(c2ccc(F)c(NC(=O)c3ccc(Cl)cc3F)c2)CCSC(N)=N1. The molecule has 0 aromatic heterocycles. The third-order valence-electron chi connectivity index (χ3n) is 4.21. The molecule has 0 fully saturated rings. The van der Waals surface area contributed by atoms with E-state index in [9.17, 15) is 13.6 Å². The summed E-state index contributed by atoms with van der Waals surface area (Å²) in [5.74, 6) is -1.37. The van der Waals surface area contributed by atoms with Gasteiger partial charge in [0.2, 0.25) is 0 Å². The van der Waals surface area contributed by atoms with Crippen LogP contribution in [0, 0.1) is 11.6 Å². The lowest BCUT2D eigenvalue weighted by molar-refractivity contribution is 0.102. The molecule has 0 saturated carbocycles. The van der Waals surface area contributed by atoms with Crippen molar-refractivity contribution in [2.45, 2.75) is 18.9 Å². The highest BCUT2D eigenvalue weighted by Gasteiger charge is 2.30. The van der Waals surface area contributed by atoms with Gasteiger partial charge in [-0.25, -0.2) is 8.78 Å². The third kappa shape index (κ3) is 3.83. The van der Waals surface area contributed by atoms with Gasteiger partial charge in [0.05, 0.1) is 16.8 Å². The minimum Gasteiger partial charge on any atom is -0.379 e. The standard InChI is InChI=1S/C18H16ClF2N3OS/c1-18(6-7-26-17(22)24-18)10-2-5-13(20)15(8-10)23-16(25)12-4-3-11(19)9-14(12)21/h2-5,8-9H,6-7H2,1H3,(H2,22,24)(H,23,25). The van der Waals surface area contributed by atoms with Crippen molar-refractivity contribution >= 4 is 40.1 Å². The van der Waals surface area contributed by atoms with E-state index in [4.69, 9.17) is 17.3 Å². The van der Waals surface area contributed by atoms with Gasteiger partial charge >= 0.3 is 0 Å². The van der Waals surface area contributed by atoms with E-state index in [0.29, 0.717) is 10.7 Å². The summed E-state index contributed by atoms with van der Waals surface area (Å²) in [6.45, 7) is 1.90. The Morgan fingerprint density at radius 2 is 2.04 bits per heavy atom. The molecule has 1 atom stereocenters. The van der Waals surface area contributed by atoms with E-state index in [1.807, 2.05) is 6.92 Å². The Morgan fingerprint density at radius 1 is 1.27 bits per heavy atom. The summed E-state index contributed by atoms with van der Waals surface area (Å²) in [5.41, 5.74) is 5.66. The molecule has 8 heteroatoms. The van der Waals surface area contributed by atoms with Crippen molar-refractivity contribution in [3.63, 3.8) is 0 Å². The average Bonchev–Trinajstić information content (AvgIpc) is 2.56. The van der Waals surface area contributed by atoms with Crippen LogP contribution in [0.4, 0.5) is 14.5 Å². The summed E-state index contributed by atoms with van der Waals surface area (Å²) in [7, 11) is 0. The zero-order valence-corrected chi connectivity index (χ0v) is 15.4. The number of amides is 1. The summed E-state index contributed by atoms with van der Waals surface area (Å²) >= 11 is 7.15. The molecule has 0 bridgehead atoms. The van der Waals surface area contributed by atoms with E-state index in [-0.39, 0.29) is 16.3 Å². The van der Waals surface area contributed by atoms with Crippen molar-refractivity contribution in [2.75, 3.05) is 11.1 Å². The number of hydrogen-bond donors (Lipinski definition) is 2. The highest BCUT2D eigenvalue weighted by atomic mass is 35.5. The van der Waals surface area contributed by atoms with Crippen LogP contribution in [0.3, 0.4) is 0 Å². The summed E-state index contributed by atoms with van der Waals surface area (Å²) in [6, 6.07) is 8.04. The highest BCUT2D eigenvalue weighted by Crippen LogP contribution is 2.36. The van der Waals surface area contributed by atoms with Crippen LogP contribution in [0.25, 0.3) is 0 Å². The number of hydrogen-bond acceptors (Lipinski definition) is 4. The second-order valence-electron chi connectivity index (χ2n) is 6.10. The number of amidine groups is 1. The maximum Gasteiger partial charge on any atom is 0.258 e. The molecule has 1 aliphatic heterocycles. The molecule has 26 heavy (non-hydrogen) atoms. The number of anilines is 1. The van der Waals surface area contributed by atoms with E-state index >= 15 is 0 Å². The molecule has 2 aromatic carbocycles. The van der Waals surface area contributed by atoms with Gasteiger partial charge in [-0.15, -0.1) is 0 Å². The average molecular weight is 396 g/mol. The van der Waals surface area contributed by atoms with Gasteiger partial charge < -0.3 is 11.1 Å². The van der Waals surface area contributed by atoms with Crippen molar-refractivity contribution in [2.24, 2.45) is 10.7 Å². The molecule has 1 unspecified atom stereocenters. The Morgan fingerprint density at radius 3 is 2.73 bits per heavy atom. The van der Waals surface area contributed by atoms with Crippen molar-refractivity contribution in [1.29, 1.82) is 0 Å². The Bertz CT molecular complexity index is 906. The third-order valence-corrected chi connectivity index (χ3v) is 5.24. The zero-order valence-electron chi connectivity index (χ0n) is 13.9. The molecule has 1 amide bonds. The molecule has 1 heterocycles. The molecule has 0 aliphatic carbocycles. The second kappa shape index (κ2) is 7.25.